The highest BCUT2D eigenvalue weighted by atomic mass is 16.6. The molecule has 0 aromatic carbocycles. The predicted octanol–water partition coefficient (Wildman–Crippen LogP) is 1.41. The van der Waals surface area contributed by atoms with Crippen molar-refractivity contribution < 1.29 is 24.1 Å². The van der Waals surface area contributed by atoms with Gasteiger partial charge in [-0.2, -0.15) is 0 Å². The number of amides is 1. The molecule has 2 heterocycles. The molecule has 4 unspecified atom stereocenters. The van der Waals surface area contributed by atoms with Crippen LogP contribution < -0.4 is 0 Å². The van der Waals surface area contributed by atoms with Gasteiger partial charge in [0.1, 0.15) is 5.60 Å². The van der Waals surface area contributed by atoms with Gasteiger partial charge in [0.05, 0.1) is 38.0 Å². The number of nitrogens with zero attached hydrogens (tertiary/aromatic N) is 1. The van der Waals surface area contributed by atoms with Gasteiger partial charge in [0.15, 0.2) is 0 Å². The number of carbonyl (C=O) groups excluding carboxylic acids is 1. The molecule has 2 aliphatic heterocycles. The van der Waals surface area contributed by atoms with Crippen molar-refractivity contribution in [2.45, 2.75) is 57.9 Å². The minimum atomic E-state index is -0.540. The normalized spacial score (nSPS) is 34.6. The Morgan fingerprint density at radius 3 is 2.57 bits per heavy atom. The molecule has 0 saturated carbocycles. The SMILES string of the molecule is CC1COCC(C2COCCC2O)N1C(=O)OC(C)(C)C. The first-order valence-corrected chi connectivity index (χ1v) is 7.64. The summed E-state index contributed by atoms with van der Waals surface area (Å²) in [5.41, 5.74) is -0.540. The van der Waals surface area contributed by atoms with E-state index in [1.54, 1.807) is 4.90 Å². The van der Waals surface area contributed by atoms with Crippen molar-refractivity contribution in [3.8, 4) is 0 Å². The van der Waals surface area contributed by atoms with Crippen LogP contribution in [0.3, 0.4) is 0 Å². The number of aliphatic hydroxyl groups excluding tert-OH is 1. The maximum absolute atomic E-state index is 12.5. The van der Waals surface area contributed by atoms with E-state index in [2.05, 4.69) is 0 Å². The van der Waals surface area contributed by atoms with Crippen LogP contribution in [-0.2, 0) is 14.2 Å². The Kier molecular flexibility index (Phi) is 5.11. The third kappa shape index (κ3) is 4.08. The number of carbonyl (C=O) groups is 1. The van der Waals surface area contributed by atoms with E-state index in [-0.39, 0.29) is 24.1 Å². The fourth-order valence-electron chi connectivity index (χ4n) is 2.92. The standard InChI is InChI=1S/C15H27NO5/c1-10-7-20-9-12(11-8-19-6-5-13(11)17)16(10)14(18)21-15(2,3)4/h10-13,17H,5-9H2,1-4H3. The van der Waals surface area contributed by atoms with Crippen LogP contribution in [0.4, 0.5) is 4.79 Å². The van der Waals surface area contributed by atoms with Gasteiger partial charge in [-0.3, -0.25) is 4.90 Å². The maximum Gasteiger partial charge on any atom is 0.410 e. The van der Waals surface area contributed by atoms with Crippen LogP contribution in [0.2, 0.25) is 0 Å². The first-order chi connectivity index (χ1) is 9.79. The van der Waals surface area contributed by atoms with E-state index in [4.69, 9.17) is 14.2 Å². The lowest BCUT2D eigenvalue weighted by Crippen LogP contribution is -2.60. The molecule has 0 bridgehead atoms. The summed E-state index contributed by atoms with van der Waals surface area (Å²) < 4.78 is 16.6. The van der Waals surface area contributed by atoms with Crippen LogP contribution >= 0.6 is 0 Å². The molecule has 0 aromatic rings. The molecule has 6 nitrogen and oxygen atoms in total. The number of morpholine rings is 1. The second-order valence-electron chi connectivity index (χ2n) is 6.94. The summed E-state index contributed by atoms with van der Waals surface area (Å²) in [5.74, 6) is -0.131. The molecule has 1 amide bonds. The molecular weight excluding hydrogens is 274 g/mol. The Morgan fingerprint density at radius 1 is 1.24 bits per heavy atom. The van der Waals surface area contributed by atoms with Crippen molar-refractivity contribution >= 4 is 6.09 Å². The van der Waals surface area contributed by atoms with Crippen LogP contribution in [0, 0.1) is 5.92 Å². The molecule has 2 rings (SSSR count). The Morgan fingerprint density at radius 2 is 1.95 bits per heavy atom. The highest BCUT2D eigenvalue weighted by molar-refractivity contribution is 5.69. The fourth-order valence-corrected chi connectivity index (χ4v) is 2.92. The van der Waals surface area contributed by atoms with Crippen LogP contribution in [0.1, 0.15) is 34.1 Å². The van der Waals surface area contributed by atoms with Gasteiger partial charge in [-0.25, -0.2) is 4.79 Å². The third-order valence-corrected chi connectivity index (χ3v) is 3.94. The fraction of sp³-hybridized carbons (Fsp3) is 0.933. The minimum Gasteiger partial charge on any atom is -0.444 e. The number of ether oxygens (including phenoxy) is 3. The Balaban J connectivity index is 2.14. The molecule has 0 aromatic heterocycles. The first-order valence-electron chi connectivity index (χ1n) is 7.64. The summed E-state index contributed by atoms with van der Waals surface area (Å²) >= 11 is 0. The smallest absolute Gasteiger partial charge is 0.410 e. The van der Waals surface area contributed by atoms with Gasteiger partial charge in [-0.1, -0.05) is 0 Å². The number of rotatable bonds is 1. The lowest BCUT2D eigenvalue weighted by Gasteiger charge is -2.46. The number of aliphatic hydroxyl groups is 1. The maximum atomic E-state index is 12.5. The topological polar surface area (TPSA) is 68.2 Å². The zero-order chi connectivity index (χ0) is 15.6. The molecule has 21 heavy (non-hydrogen) atoms. The van der Waals surface area contributed by atoms with Crippen LogP contribution in [0.5, 0.6) is 0 Å². The molecule has 6 heteroatoms. The number of hydrogen-bond acceptors (Lipinski definition) is 5. The molecule has 0 spiro atoms. The predicted molar refractivity (Wildman–Crippen MR) is 77.1 cm³/mol. The van der Waals surface area contributed by atoms with E-state index < -0.39 is 11.7 Å². The first kappa shape index (κ1) is 16.5. The van der Waals surface area contributed by atoms with Gasteiger partial charge in [0.25, 0.3) is 0 Å². The molecule has 2 aliphatic rings. The Bertz CT molecular complexity index is 368. The van der Waals surface area contributed by atoms with Gasteiger partial charge >= 0.3 is 6.09 Å². The van der Waals surface area contributed by atoms with Crippen molar-refractivity contribution in [3.05, 3.63) is 0 Å². The monoisotopic (exact) mass is 301 g/mol. The van der Waals surface area contributed by atoms with E-state index in [1.165, 1.54) is 0 Å². The van der Waals surface area contributed by atoms with Crippen LogP contribution in [0.25, 0.3) is 0 Å². The summed E-state index contributed by atoms with van der Waals surface area (Å²) in [6.45, 7) is 9.39. The minimum absolute atomic E-state index is 0.0762. The van der Waals surface area contributed by atoms with Gasteiger partial charge in [0, 0.05) is 12.5 Å². The van der Waals surface area contributed by atoms with E-state index in [0.717, 1.165) is 0 Å². The zero-order valence-electron chi connectivity index (χ0n) is 13.4. The van der Waals surface area contributed by atoms with E-state index in [9.17, 15) is 9.90 Å². The largest absolute Gasteiger partial charge is 0.444 e. The lowest BCUT2D eigenvalue weighted by atomic mass is 9.89. The molecule has 0 radical (unpaired) electrons. The molecule has 2 fully saturated rings. The Labute approximate surface area is 126 Å². The quantitative estimate of drug-likeness (QED) is 0.793. The summed E-state index contributed by atoms with van der Waals surface area (Å²) in [6, 6.07) is -0.286. The van der Waals surface area contributed by atoms with Crippen LogP contribution in [0.15, 0.2) is 0 Å². The number of hydrogen-bond donors (Lipinski definition) is 1. The van der Waals surface area contributed by atoms with Crippen molar-refractivity contribution in [1.29, 1.82) is 0 Å². The highest BCUT2D eigenvalue weighted by Gasteiger charge is 2.42. The summed E-state index contributed by atoms with van der Waals surface area (Å²) in [4.78, 5) is 14.2. The van der Waals surface area contributed by atoms with E-state index in [1.807, 2.05) is 27.7 Å². The van der Waals surface area contributed by atoms with E-state index >= 15 is 0 Å². The summed E-state index contributed by atoms with van der Waals surface area (Å²) in [7, 11) is 0. The van der Waals surface area contributed by atoms with Crippen molar-refractivity contribution in [1.82, 2.24) is 4.90 Å². The third-order valence-electron chi connectivity index (χ3n) is 3.94. The molecule has 1 N–H and O–H groups in total. The van der Waals surface area contributed by atoms with Gasteiger partial charge in [-0.05, 0) is 34.1 Å². The van der Waals surface area contributed by atoms with Crippen molar-refractivity contribution in [3.63, 3.8) is 0 Å². The Hall–Kier alpha value is -0.850. The molecule has 2 saturated heterocycles. The van der Waals surface area contributed by atoms with Crippen molar-refractivity contribution in [2.24, 2.45) is 5.92 Å². The zero-order valence-corrected chi connectivity index (χ0v) is 13.4. The summed E-state index contributed by atoms with van der Waals surface area (Å²) in [5, 5.41) is 10.2. The molecule has 122 valence electrons. The lowest BCUT2D eigenvalue weighted by molar-refractivity contribution is -0.120. The average Bonchev–Trinajstić information content (AvgIpc) is 2.36. The van der Waals surface area contributed by atoms with Gasteiger partial charge in [-0.15, -0.1) is 0 Å². The van der Waals surface area contributed by atoms with E-state index in [0.29, 0.717) is 32.8 Å². The average molecular weight is 301 g/mol. The van der Waals surface area contributed by atoms with Crippen LogP contribution in [-0.4, -0.2) is 66.3 Å². The summed E-state index contributed by atoms with van der Waals surface area (Å²) in [6.07, 6.45) is -0.221. The highest BCUT2D eigenvalue weighted by Crippen LogP contribution is 2.28. The van der Waals surface area contributed by atoms with Gasteiger partial charge in [0.2, 0.25) is 0 Å². The molecule has 4 atom stereocenters. The molecule has 0 aliphatic carbocycles. The molecular formula is C15H27NO5. The van der Waals surface area contributed by atoms with Gasteiger partial charge < -0.3 is 19.3 Å². The van der Waals surface area contributed by atoms with Crippen molar-refractivity contribution in [2.75, 3.05) is 26.4 Å². The second-order valence-corrected chi connectivity index (χ2v) is 6.94. The second kappa shape index (κ2) is 6.50.